The Labute approximate surface area is 133 Å². The van der Waals surface area contributed by atoms with Gasteiger partial charge in [-0.3, -0.25) is 0 Å². The van der Waals surface area contributed by atoms with Gasteiger partial charge in [0.2, 0.25) is 0 Å². The molecule has 3 rings (SSSR count). The van der Waals surface area contributed by atoms with E-state index in [4.69, 9.17) is 4.74 Å². The van der Waals surface area contributed by atoms with E-state index >= 15 is 0 Å². The van der Waals surface area contributed by atoms with Crippen LogP contribution in [0.4, 0.5) is 0 Å². The highest BCUT2D eigenvalue weighted by molar-refractivity contribution is 14.1. The van der Waals surface area contributed by atoms with Gasteiger partial charge in [-0.1, -0.05) is 24.3 Å². The minimum absolute atomic E-state index is 0.228. The molecule has 20 heavy (non-hydrogen) atoms. The van der Waals surface area contributed by atoms with Crippen LogP contribution >= 0.6 is 22.6 Å². The molecule has 104 valence electrons. The number of hydrogen-bond acceptors (Lipinski definition) is 2. The van der Waals surface area contributed by atoms with E-state index in [2.05, 4.69) is 77.3 Å². The third-order valence-electron chi connectivity index (χ3n) is 3.72. The number of nitrogens with one attached hydrogen (secondary N) is 1. The maximum Gasteiger partial charge on any atom is 0.123 e. The zero-order valence-electron chi connectivity index (χ0n) is 11.7. The van der Waals surface area contributed by atoms with Gasteiger partial charge in [0.15, 0.2) is 0 Å². The van der Waals surface area contributed by atoms with Crippen LogP contribution in [0.15, 0.2) is 42.5 Å². The average molecular weight is 379 g/mol. The number of ether oxygens (including phenoxy) is 1. The molecule has 0 saturated carbocycles. The first-order chi connectivity index (χ1) is 9.67. The van der Waals surface area contributed by atoms with E-state index in [9.17, 15) is 0 Å². The van der Waals surface area contributed by atoms with E-state index in [1.54, 1.807) is 0 Å². The van der Waals surface area contributed by atoms with E-state index in [0.717, 1.165) is 12.2 Å². The van der Waals surface area contributed by atoms with Crippen molar-refractivity contribution in [1.29, 1.82) is 0 Å². The summed E-state index contributed by atoms with van der Waals surface area (Å²) < 4.78 is 7.04. The monoisotopic (exact) mass is 379 g/mol. The van der Waals surface area contributed by atoms with Gasteiger partial charge in [-0.2, -0.15) is 0 Å². The second-order valence-electron chi connectivity index (χ2n) is 5.28. The molecule has 1 aliphatic rings. The standard InChI is InChI=1S/C17H18INO/c1-11-8-14-9-13(6-7-16(14)20-11)17(19-2)12-4-3-5-15(18)10-12/h3-7,9-11,17,19H,8H2,1-2H3. The van der Waals surface area contributed by atoms with Crippen molar-refractivity contribution in [2.24, 2.45) is 0 Å². The van der Waals surface area contributed by atoms with Crippen molar-refractivity contribution in [2.45, 2.75) is 25.5 Å². The Kier molecular flexibility index (Phi) is 3.98. The lowest BCUT2D eigenvalue weighted by Crippen LogP contribution is -2.17. The molecule has 0 saturated heterocycles. The highest BCUT2D eigenvalue weighted by Crippen LogP contribution is 2.32. The SMILES string of the molecule is CNC(c1cccc(I)c1)c1ccc2c(c1)CC(C)O2. The summed E-state index contributed by atoms with van der Waals surface area (Å²) in [5.74, 6) is 1.04. The van der Waals surface area contributed by atoms with Crippen LogP contribution in [0.5, 0.6) is 5.75 Å². The topological polar surface area (TPSA) is 21.3 Å². The van der Waals surface area contributed by atoms with Crippen molar-refractivity contribution in [2.75, 3.05) is 7.05 Å². The fourth-order valence-corrected chi connectivity index (χ4v) is 3.40. The maximum atomic E-state index is 5.78. The summed E-state index contributed by atoms with van der Waals surface area (Å²) in [5, 5.41) is 3.42. The van der Waals surface area contributed by atoms with E-state index in [-0.39, 0.29) is 6.04 Å². The van der Waals surface area contributed by atoms with Crippen molar-refractivity contribution < 1.29 is 4.74 Å². The molecule has 1 aliphatic heterocycles. The van der Waals surface area contributed by atoms with Gasteiger partial charge in [-0.05, 0) is 71.5 Å². The molecule has 1 heterocycles. The molecule has 0 spiro atoms. The molecular weight excluding hydrogens is 361 g/mol. The van der Waals surface area contributed by atoms with Crippen LogP contribution in [-0.2, 0) is 6.42 Å². The Bertz CT molecular complexity index is 626. The first kappa shape index (κ1) is 13.9. The molecule has 2 aromatic carbocycles. The van der Waals surface area contributed by atoms with E-state index in [1.807, 2.05) is 7.05 Å². The van der Waals surface area contributed by atoms with Crippen molar-refractivity contribution in [3.8, 4) is 5.75 Å². The quantitative estimate of drug-likeness (QED) is 0.817. The molecule has 3 heteroatoms. The smallest absolute Gasteiger partial charge is 0.123 e. The van der Waals surface area contributed by atoms with Crippen LogP contribution in [0.1, 0.15) is 29.7 Å². The molecule has 0 bridgehead atoms. The van der Waals surface area contributed by atoms with Gasteiger partial charge in [0.1, 0.15) is 11.9 Å². The summed E-state index contributed by atoms with van der Waals surface area (Å²) >= 11 is 2.36. The second-order valence-corrected chi connectivity index (χ2v) is 6.52. The highest BCUT2D eigenvalue weighted by Gasteiger charge is 2.21. The summed E-state index contributed by atoms with van der Waals surface area (Å²) in [6.45, 7) is 2.12. The molecule has 0 fully saturated rings. The predicted octanol–water partition coefficient (Wildman–Crippen LogP) is 3.92. The normalized spacial score (nSPS) is 18.4. The van der Waals surface area contributed by atoms with Gasteiger partial charge in [0.25, 0.3) is 0 Å². The first-order valence-electron chi connectivity index (χ1n) is 6.89. The Balaban J connectivity index is 1.96. The first-order valence-corrected chi connectivity index (χ1v) is 7.97. The van der Waals surface area contributed by atoms with Crippen LogP contribution in [0.3, 0.4) is 0 Å². The number of hydrogen-bond donors (Lipinski definition) is 1. The molecule has 0 aliphatic carbocycles. The summed E-state index contributed by atoms with van der Waals surface area (Å²) in [6, 6.07) is 15.4. The van der Waals surface area contributed by atoms with Crippen LogP contribution in [0.2, 0.25) is 0 Å². The number of rotatable bonds is 3. The summed E-state index contributed by atoms with van der Waals surface area (Å²) in [6.07, 6.45) is 1.30. The molecule has 2 aromatic rings. The zero-order valence-corrected chi connectivity index (χ0v) is 13.8. The van der Waals surface area contributed by atoms with Crippen LogP contribution < -0.4 is 10.1 Å². The van der Waals surface area contributed by atoms with Gasteiger partial charge < -0.3 is 10.1 Å². The lowest BCUT2D eigenvalue weighted by Gasteiger charge is -2.18. The van der Waals surface area contributed by atoms with Gasteiger partial charge >= 0.3 is 0 Å². The molecule has 0 amide bonds. The van der Waals surface area contributed by atoms with E-state index in [1.165, 1.54) is 20.3 Å². The van der Waals surface area contributed by atoms with Crippen molar-refractivity contribution in [3.63, 3.8) is 0 Å². The zero-order chi connectivity index (χ0) is 14.1. The van der Waals surface area contributed by atoms with Crippen molar-refractivity contribution >= 4 is 22.6 Å². The lowest BCUT2D eigenvalue weighted by atomic mass is 9.96. The van der Waals surface area contributed by atoms with E-state index < -0.39 is 0 Å². The Morgan fingerprint density at radius 3 is 2.75 bits per heavy atom. The van der Waals surface area contributed by atoms with Crippen molar-refractivity contribution in [1.82, 2.24) is 5.32 Å². The summed E-state index contributed by atoms with van der Waals surface area (Å²) in [4.78, 5) is 0. The molecule has 2 nitrogen and oxygen atoms in total. The third kappa shape index (κ3) is 2.69. The largest absolute Gasteiger partial charge is 0.490 e. The number of benzene rings is 2. The lowest BCUT2D eigenvalue weighted by molar-refractivity contribution is 0.254. The number of halogens is 1. The molecule has 0 radical (unpaired) electrons. The molecule has 2 atom stereocenters. The predicted molar refractivity (Wildman–Crippen MR) is 90.3 cm³/mol. The molecule has 1 N–H and O–H groups in total. The van der Waals surface area contributed by atoms with Crippen molar-refractivity contribution in [3.05, 3.63) is 62.7 Å². The Hall–Kier alpha value is -1.07. The van der Waals surface area contributed by atoms with Crippen LogP contribution in [0, 0.1) is 3.57 Å². The average Bonchev–Trinajstić information content (AvgIpc) is 2.79. The number of fused-ring (bicyclic) bond motifs is 1. The fraction of sp³-hybridized carbons (Fsp3) is 0.294. The molecule has 2 unspecified atom stereocenters. The minimum atomic E-state index is 0.228. The van der Waals surface area contributed by atoms with Gasteiger partial charge in [-0.15, -0.1) is 0 Å². The van der Waals surface area contributed by atoms with Gasteiger partial charge in [-0.25, -0.2) is 0 Å². The van der Waals surface area contributed by atoms with Crippen LogP contribution in [0.25, 0.3) is 0 Å². The minimum Gasteiger partial charge on any atom is -0.490 e. The maximum absolute atomic E-state index is 5.78. The molecular formula is C17H18INO. The van der Waals surface area contributed by atoms with E-state index in [0.29, 0.717) is 6.10 Å². The van der Waals surface area contributed by atoms with Crippen LogP contribution in [-0.4, -0.2) is 13.2 Å². The Morgan fingerprint density at radius 2 is 2.00 bits per heavy atom. The fourth-order valence-electron chi connectivity index (χ4n) is 2.83. The molecule has 0 aromatic heterocycles. The summed E-state index contributed by atoms with van der Waals surface area (Å²) in [7, 11) is 2.01. The summed E-state index contributed by atoms with van der Waals surface area (Å²) in [5.41, 5.74) is 3.91. The van der Waals surface area contributed by atoms with Gasteiger partial charge in [0.05, 0.1) is 6.04 Å². The van der Waals surface area contributed by atoms with Gasteiger partial charge in [0, 0.05) is 9.99 Å². The second kappa shape index (κ2) is 5.74. The highest BCUT2D eigenvalue weighted by atomic mass is 127. The third-order valence-corrected chi connectivity index (χ3v) is 4.40. The Morgan fingerprint density at radius 1 is 1.20 bits per heavy atom.